The number of benzene rings is 3. The zero-order chi connectivity index (χ0) is 30.6. The smallest absolute Gasteiger partial charge is 0.296 e. The lowest BCUT2D eigenvalue weighted by atomic mass is 9.78. The standard InChI is InChI=1S/C31H32BrClN4O4S/c1-6-31(7-2)19-36(27-16-13-21(32)17-25(27)31)29(38)24-18-23(14-15-26(24)33)42(40,41)35(5)28-20(3)34(4)37(30(28)39)22-11-9-8-10-12-22/h8-18H,6-7,19H2,1-5H3. The Labute approximate surface area is 259 Å². The van der Waals surface area contributed by atoms with Crippen LogP contribution in [0, 0.1) is 6.92 Å². The van der Waals surface area contributed by atoms with Crippen molar-refractivity contribution in [1.29, 1.82) is 0 Å². The number of fused-ring (bicyclic) bond motifs is 1. The number of hydrogen-bond acceptors (Lipinski definition) is 4. The van der Waals surface area contributed by atoms with Gasteiger partial charge in [0.1, 0.15) is 5.69 Å². The minimum absolute atomic E-state index is 0.0129. The van der Waals surface area contributed by atoms with Crippen LogP contribution < -0.4 is 14.8 Å². The molecular formula is C31H32BrClN4O4S. The van der Waals surface area contributed by atoms with E-state index >= 15 is 0 Å². The molecule has 0 fully saturated rings. The predicted octanol–water partition coefficient (Wildman–Crippen LogP) is 6.44. The number of para-hydroxylation sites is 1. The van der Waals surface area contributed by atoms with E-state index in [4.69, 9.17) is 11.6 Å². The number of amides is 1. The van der Waals surface area contributed by atoms with Gasteiger partial charge >= 0.3 is 0 Å². The monoisotopic (exact) mass is 670 g/mol. The summed E-state index contributed by atoms with van der Waals surface area (Å²) >= 11 is 10.1. The summed E-state index contributed by atoms with van der Waals surface area (Å²) in [5.41, 5.74) is 2.32. The highest BCUT2D eigenvalue weighted by Gasteiger charge is 2.43. The maximum absolute atomic E-state index is 14.0. The molecule has 1 aliphatic rings. The Morgan fingerprint density at radius 2 is 1.71 bits per heavy atom. The van der Waals surface area contributed by atoms with Gasteiger partial charge in [-0.2, -0.15) is 0 Å². The Morgan fingerprint density at radius 1 is 1.05 bits per heavy atom. The van der Waals surface area contributed by atoms with Crippen molar-refractivity contribution in [2.75, 3.05) is 22.8 Å². The van der Waals surface area contributed by atoms with Crippen LogP contribution >= 0.6 is 27.5 Å². The maximum atomic E-state index is 14.0. The lowest BCUT2D eigenvalue weighted by molar-refractivity contribution is 0.0984. The highest BCUT2D eigenvalue weighted by atomic mass is 79.9. The molecule has 0 saturated heterocycles. The summed E-state index contributed by atoms with van der Waals surface area (Å²) in [5.74, 6) is -0.380. The topological polar surface area (TPSA) is 84.6 Å². The van der Waals surface area contributed by atoms with Gasteiger partial charge < -0.3 is 4.90 Å². The van der Waals surface area contributed by atoms with E-state index in [-0.39, 0.29) is 32.5 Å². The van der Waals surface area contributed by atoms with Gasteiger partial charge in [0.25, 0.3) is 21.5 Å². The van der Waals surface area contributed by atoms with Crippen LogP contribution in [0.3, 0.4) is 0 Å². The van der Waals surface area contributed by atoms with Gasteiger partial charge in [0, 0.05) is 36.2 Å². The van der Waals surface area contributed by atoms with E-state index in [2.05, 4.69) is 35.8 Å². The van der Waals surface area contributed by atoms with Crippen molar-refractivity contribution in [3.8, 4) is 5.69 Å². The highest BCUT2D eigenvalue weighted by molar-refractivity contribution is 9.10. The third kappa shape index (κ3) is 4.69. The summed E-state index contributed by atoms with van der Waals surface area (Å²) < 4.78 is 32.8. The van der Waals surface area contributed by atoms with Crippen LogP contribution in [0.1, 0.15) is 48.3 Å². The van der Waals surface area contributed by atoms with Gasteiger partial charge in [0.05, 0.1) is 26.9 Å². The fourth-order valence-corrected chi connectivity index (χ4v) is 7.68. The highest BCUT2D eigenvalue weighted by Crippen LogP contribution is 2.47. The molecule has 220 valence electrons. The first-order chi connectivity index (χ1) is 19.9. The lowest BCUT2D eigenvalue weighted by Crippen LogP contribution is -2.37. The molecular weight excluding hydrogens is 640 g/mol. The Morgan fingerprint density at radius 3 is 2.36 bits per heavy atom. The molecule has 0 saturated carbocycles. The Hall–Kier alpha value is -3.34. The molecule has 42 heavy (non-hydrogen) atoms. The van der Waals surface area contributed by atoms with Crippen molar-refractivity contribution in [2.24, 2.45) is 7.05 Å². The van der Waals surface area contributed by atoms with Crippen molar-refractivity contribution in [2.45, 2.75) is 43.9 Å². The molecule has 0 aliphatic carbocycles. The van der Waals surface area contributed by atoms with Crippen molar-refractivity contribution >= 4 is 54.8 Å². The first kappa shape index (κ1) is 30.1. The molecule has 0 spiro atoms. The predicted molar refractivity (Wildman–Crippen MR) is 171 cm³/mol. The van der Waals surface area contributed by atoms with Crippen molar-refractivity contribution in [3.63, 3.8) is 0 Å². The molecule has 0 N–H and O–H groups in total. The van der Waals surface area contributed by atoms with Crippen LogP contribution in [-0.2, 0) is 22.5 Å². The normalized spacial score (nSPS) is 14.2. The number of nitrogens with zero attached hydrogens (tertiary/aromatic N) is 4. The number of anilines is 2. The van der Waals surface area contributed by atoms with Crippen LogP contribution in [0.15, 0.2) is 80.9 Å². The molecule has 11 heteroatoms. The molecule has 1 aromatic heterocycles. The van der Waals surface area contributed by atoms with Gasteiger partial charge in [-0.1, -0.05) is 59.6 Å². The molecule has 1 aliphatic heterocycles. The van der Waals surface area contributed by atoms with E-state index in [1.807, 2.05) is 18.2 Å². The van der Waals surface area contributed by atoms with Crippen molar-refractivity contribution in [3.05, 3.63) is 103 Å². The van der Waals surface area contributed by atoms with Gasteiger partial charge in [-0.05, 0) is 73.9 Å². The minimum atomic E-state index is -4.25. The van der Waals surface area contributed by atoms with Crippen LogP contribution in [0.5, 0.6) is 0 Å². The molecule has 8 nitrogen and oxygen atoms in total. The largest absolute Gasteiger partial charge is 0.307 e. The summed E-state index contributed by atoms with van der Waals surface area (Å²) in [6.45, 7) is 6.36. The summed E-state index contributed by atoms with van der Waals surface area (Å²) in [4.78, 5) is 29.1. The van der Waals surface area contributed by atoms with Crippen molar-refractivity contribution < 1.29 is 13.2 Å². The first-order valence-corrected chi connectivity index (χ1v) is 16.2. The van der Waals surface area contributed by atoms with E-state index in [9.17, 15) is 18.0 Å². The van der Waals surface area contributed by atoms with Crippen LogP contribution in [-0.4, -0.2) is 37.3 Å². The van der Waals surface area contributed by atoms with Gasteiger partial charge in [-0.15, -0.1) is 0 Å². The van der Waals surface area contributed by atoms with Crippen molar-refractivity contribution in [1.82, 2.24) is 9.36 Å². The first-order valence-electron chi connectivity index (χ1n) is 13.6. The second kappa shape index (κ2) is 11.1. The molecule has 0 bridgehead atoms. The maximum Gasteiger partial charge on any atom is 0.296 e. The van der Waals surface area contributed by atoms with E-state index in [0.717, 1.165) is 32.9 Å². The van der Waals surface area contributed by atoms with Gasteiger partial charge in [0.15, 0.2) is 0 Å². The Kier molecular flexibility index (Phi) is 7.93. The molecule has 0 atom stereocenters. The summed E-state index contributed by atoms with van der Waals surface area (Å²) in [5, 5.41) is 0.146. The second-order valence-electron chi connectivity index (χ2n) is 10.6. The van der Waals surface area contributed by atoms with Crippen LogP contribution in [0.4, 0.5) is 11.4 Å². The number of carbonyl (C=O) groups excluding carboxylic acids is 1. The van der Waals surface area contributed by atoms with Gasteiger partial charge in [-0.25, -0.2) is 13.1 Å². The fourth-order valence-electron chi connectivity index (χ4n) is 5.85. The zero-order valence-corrected chi connectivity index (χ0v) is 27.2. The third-order valence-corrected chi connectivity index (χ3v) is 11.1. The van der Waals surface area contributed by atoms with Crippen LogP contribution in [0.25, 0.3) is 5.69 Å². The van der Waals surface area contributed by atoms with E-state index in [1.54, 1.807) is 47.8 Å². The Balaban J connectivity index is 1.56. The Bertz CT molecular complexity index is 1860. The molecule has 2 heterocycles. The number of carbonyl (C=O) groups is 1. The molecule has 0 unspecified atom stereocenters. The zero-order valence-electron chi connectivity index (χ0n) is 24.1. The van der Waals surface area contributed by atoms with E-state index in [0.29, 0.717) is 17.9 Å². The lowest BCUT2D eigenvalue weighted by Gasteiger charge is -2.28. The van der Waals surface area contributed by atoms with Crippen LogP contribution in [0.2, 0.25) is 5.02 Å². The third-order valence-electron chi connectivity index (χ3n) is 8.55. The van der Waals surface area contributed by atoms with Gasteiger partial charge in [-0.3, -0.25) is 18.6 Å². The molecule has 3 aromatic carbocycles. The number of rotatable bonds is 7. The number of sulfonamides is 1. The SMILES string of the molecule is CCC1(CC)CN(C(=O)c2cc(S(=O)(=O)N(C)c3c(C)n(C)n(-c4ccccc4)c3=O)ccc2Cl)c2ccc(Br)cc21. The average Bonchev–Trinajstić information content (AvgIpc) is 3.42. The molecule has 0 radical (unpaired) electrons. The quantitative estimate of drug-likeness (QED) is 0.226. The summed E-state index contributed by atoms with van der Waals surface area (Å²) in [7, 11) is -1.20. The average molecular weight is 672 g/mol. The summed E-state index contributed by atoms with van der Waals surface area (Å²) in [6.07, 6.45) is 1.67. The number of halogens is 2. The molecule has 4 aromatic rings. The summed E-state index contributed by atoms with van der Waals surface area (Å²) in [6, 6.07) is 18.9. The second-order valence-corrected chi connectivity index (χ2v) is 13.9. The van der Waals surface area contributed by atoms with E-state index < -0.39 is 15.6 Å². The van der Waals surface area contributed by atoms with Gasteiger partial charge in [0.2, 0.25) is 0 Å². The number of aromatic nitrogens is 2. The number of hydrogen-bond donors (Lipinski definition) is 0. The van der Waals surface area contributed by atoms with E-state index in [1.165, 1.54) is 29.9 Å². The molecule has 5 rings (SSSR count). The minimum Gasteiger partial charge on any atom is -0.307 e. The molecule has 1 amide bonds. The fraction of sp³-hybridized carbons (Fsp3) is 0.290.